The number of allylic oxidation sites excluding steroid dienone is 4. The Morgan fingerprint density at radius 1 is 0.355 bits per heavy atom. The van der Waals surface area contributed by atoms with E-state index >= 15 is 0 Å². The standard InChI is InChI=1S/C58H111NO3/c1-4-7-10-12-14-16-18-20-22-24-26-28-30-32-34-36-38-40-42-44-46-48-50-53-57(60)59-56(52-9-6-3)55-62-58(61)54-51-49-47-45-43-41-39-37-35-33-31-29-27-25-23-21-19-17-15-13-11-8-5-2/h34-37,56H,4-33,38-55H2,1-3H3,(H,59,60)/b36-34-,37-35-. The van der Waals surface area contributed by atoms with Gasteiger partial charge in [0.1, 0.15) is 6.61 Å². The van der Waals surface area contributed by atoms with Crippen molar-refractivity contribution >= 4 is 11.9 Å². The molecule has 366 valence electrons. The van der Waals surface area contributed by atoms with Crippen molar-refractivity contribution in [2.45, 2.75) is 329 Å². The molecule has 0 aromatic carbocycles. The molecule has 1 atom stereocenters. The fraction of sp³-hybridized carbons (Fsp3) is 0.897. The number of rotatable bonds is 52. The summed E-state index contributed by atoms with van der Waals surface area (Å²) in [6.07, 6.45) is 69.7. The first kappa shape index (κ1) is 60.4. The van der Waals surface area contributed by atoms with Crippen LogP contribution in [-0.4, -0.2) is 24.5 Å². The van der Waals surface area contributed by atoms with E-state index in [4.69, 9.17) is 4.74 Å². The molecule has 62 heavy (non-hydrogen) atoms. The number of hydrogen-bond acceptors (Lipinski definition) is 3. The van der Waals surface area contributed by atoms with E-state index in [2.05, 4.69) is 50.4 Å². The molecule has 0 rings (SSSR count). The minimum Gasteiger partial charge on any atom is -0.463 e. The lowest BCUT2D eigenvalue weighted by Crippen LogP contribution is -2.38. The molecule has 1 unspecified atom stereocenters. The van der Waals surface area contributed by atoms with Crippen LogP contribution in [0.3, 0.4) is 0 Å². The van der Waals surface area contributed by atoms with Crippen molar-refractivity contribution in [3.8, 4) is 0 Å². The molecule has 0 aliphatic heterocycles. The normalized spacial score (nSPS) is 12.2. The minimum atomic E-state index is -0.111. The van der Waals surface area contributed by atoms with Gasteiger partial charge in [-0.2, -0.15) is 0 Å². The second kappa shape index (κ2) is 53.8. The van der Waals surface area contributed by atoms with Gasteiger partial charge in [-0.25, -0.2) is 0 Å². The predicted molar refractivity (Wildman–Crippen MR) is 275 cm³/mol. The molecule has 1 amide bonds. The molecular weight excluding hydrogens is 759 g/mol. The van der Waals surface area contributed by atoms with Crippen LogP contribution in [0.25, 0.3) is 0 Å². The van der Waals surface area contributed by atoms with Gasteiger partial charge in [-0.15, -0.1) is 0 Å². The zero-order valence-electron chi connectivity index (χ0n) is 42.6. The zero-order valence-corrected chi connectivity index (χ0v) is 42.6. The molecule has 4 nitrogen and oxygen atoms in total. The van der Waals surface area contributed by atoms with E-state index in [1.165, 1.54) is 244 Å². The Hall–Kier alpha value is -1.58. The molecule has 0 bridgehead atoms. The molecule has 0 aromatic rings. The van der Waals surface area contributed by atoms with E-state index in [9.17, 15) is 9.59 Å². The van der Waals surface area contributed by atoms with Crippen molar-refractivity contribution in [1.29, 1.82) is 0 Å². The third-order valence-electron chi connectivity index (χ3n) is 13.0. The van der Waals surface area contributed by atoms with Gasteiger partial charge >= 0.3 is 5.97 Å². The van der Waals surface area contributed by atoms with Gasteiger partial charge in [0.25, 0.3) is 0 Å². The summed E-state index contributed by atoms with van der Waals surface area (Å²) in [4.78, 5) is 25.2. The van der Waals surface area contributed by atoms with Crippen LogP contribution < -0.4 is 5.32 Å². The highest BCUT2D eigenvalue weighted by atomic mass is 16.5. The summed E-state index contributed by atoms with van der Waals surface area (Å²) < 4.78 is 5.64. The van der Waals surface area contributed by atoms with Crippen molar-refractivity contribution in [3.05, 3.63) is 24.3 Å². The number of ether oxygens (including phenoxy) is 1. The molecular formula is C58H111NO3. The summed E-state index contributed by atoms with van der Waals surface area (Å²) in [6.45, 7) is 7.07. The molecule has 0 aliphatic carbocycles. The maximum Gasteiger partial charge on any atom is 0.305 e. The lowest BCUT2D eigenvalue weighted by molar-refractivity contribution is -0.145. The van der Waals surface area contributed by atoms with E-state index in [0.717, 1.165) is 44.9 Å². The van der Waals surface area contributed by atoms with Crippen molar-refractivity contribution in [3.63, 3.8) is 0 Å². The highest BCUT2D eigenvalue weighted by Gasteiger charge is 2.14. The van der Waals surface area contributed by atoms with Gasteiger partial charge in [0.2, 0.25) is 5.91 Å². The molecule has 0 aliphatic rings. The molecule has 0 heterocycles. The molecule has 0 fully saturated rings. The third kappa shape index (κ3) is 51.1. The molecule has 1 N–H and O–H groups in total. The van der Waals surface area contributed by atoms with Crippen LogP contribution in [0.2, 0.25) is 0 Å². The van der Waals surface area contributed by atoms with Crippen molar-refractivity contribution in [2.24, 2.45) is 0 Å². The highest BCUT2D eigenvalue weighted by molar-refractivity contribution is 5.76. The van der Waals surface area contributed by atoms with Gasteiger partial charge in [-0.1, -0.05) is 263 Å². The molecule has 0 aromatic heterocycles. The number of esters is 1. The van der Waals surface area contributed by atoms with Gasteiger partial charge in [0.05, 0.1) is 6.04 Å². The lowest BCUT2D eigenvalue weighted by Gasteiger charge is -2.18. The Morgan fingerprint density at radius 2 is 0.629 bits per heavy atom. The maximum atomic E-state index is 12.7. The number of nitrogens with one attached hydrogen (secondary N) is 1. The predicted octanol–water partition coefficient (Wildman–Crippen LogP) is 19.5. The average molecular weight is 871 g/mol. The Labute approximate surface area is 389 Å². The summed E-state index contributed by atoms with van der Waals surface area (Å²) in [6, 6.07) is -0.0626. The largest absolute Gasteiger partial charge is 0.463 e. The number of carbonyl (C=O) groups excluding carboxylic acids is 2. The summed E-state index contributed by atoms with van der Waals surface area (Å²) in [5.74, 6) is 0.000718. The topological polar surface area (TPSA) is 55.4 Å². The van der Waals surface area contributed by atoms with Crippen molar-refractivity contribution in [1.82, 2.24) is 5.32 Å². The average Bonchev–Trinajstić information content (AvgIpc) is 3.27. The Kier molecular flexibility index (Phi) is 52.4. The van der Waals surface area contributed by atoms with Crippen LogP contribution in [0.15, 0.2) is 24.3 Å². The summed E-state index contributed by atoms with van der Waals surface area (Å²) in [5, 5.41) is 3.18. The first-order valence-electron chi connectivity index (χ1n) is 28.4. The van der Waals surface area contributed by atoms with Crippen LogP contribution in [0, 0.1) is 0 Å². The van der Waals surface area contributed by atoms with E-state index in [1.807, 2.05) is 0 Å². The fourth-order valence-corrected chi connectivity index (χ4v) is 8.74. The Balaban J connectivity index is 3.63. The molecule has 0 saturated heterocycles. The van der Waals surface area contributed by atoms with E-state index in [0.29, 0.717) is 19.4 Å². The molecule has 4 heteroatoms. The quantitative estimate of drug-likeness (QED) is 0.0376. The highest BCUT2D eigenvalue weighted by Crippen LogP contribution is 2.16. The van der Waals surface area contributed by atoms with Gasteiger partial charge in [-0.3, -0.25) is 9.59 Å². The van der Waals surface area contributed by atoms with E-state index < -0.39 is 0 Å². The number of hydrogen-bond donors (Lipinski definition) is 1. The maximum absolute atomic E-state index is 12.7. The number of unbranched alkanes of at least 4 members (excludes halogenated alkanes) is 39. The fourth-order valence-electron chi connectivity index (χ4n) is 8.74. The lowest BCUT2D eigenvalue weighted by atomic mass is 10.0. The summed E-state index contributed by atoms with van der Waals surface area (Å²) in [7, 11) is 0. The minimum absolute atomic E-state index is 0.0626. The summed E-state index contributed by atoms with van der Waals surface area (Å²) in [5.41, 5.74) is 0. The number of carbonyl (C=O) groups is 2. The second-order valence-corrected chi connectivity index (χ2v) is 19.4. The van der Waals surface area contributed by atoms with Gasteiger partial charge in [0.15, 0.2) is 0 Å². The molecule has 0 radical (unpaired) electrons. The summed E-state index contributed by atoms with van der Waals surface area (Å²) >= 11 is 0. The monoisotopic (exact) mass is 870 g/mol. The molecule has 0 spiro atoms. The van der Waals surface area contributed by atoms with Crippen molar-refractivity contribution in [2.75, 3.05) is 6.61 Å². The van der Waals surface area contributed by atoms with Gasteiger partial charge < -0.3 is 10.1 Å². The zero-order chi connectivity index (χ0) is 44.9. The first-order valence-corrected chi connectivity index (χ1v) is 28.4. The second-order valence-electron chi connectivity index (χ2n) is 19.4. The SMILES string of the molecule is CCCCCCCCCCCCCCC/C=C\CCCCCCCCC(=O)NC(CCCC)COC(=O)CCCCCCCC/C=C\CCCCCCCCCCCCCCC. The van der Waals surface area contributed by atoms with E-state index in [-0.39, 0.29) is 17.9 Å². The van der Waals surface area contributed by atoms with Crippen LogP contribution in [0.1, 0.15) is 323 Å². The van der Waals surface area contributed by atoms with E-state index in [1.54, 1.807) is 0 Å². The Bertz CT molecular complexity index is 943. The van der Waals surface area contributed by atoms with Crippen LogP contribution >= 0.6 is 0 Å². The van der Waals surface area contributed by atoms with Crippen molar-refractivity contribution < 1.29 is 14.3 Å². The smallest absolute Gasteiger partial charge is 0.305 e. The molecule has 0 saturated carbocycles. The van der Waals surface area contributed by atoms with Gasteiger partial charge in [0, 0.05) is 12.8 Å². The third-order valence-corrected chi connectivity index (χ3v) is 13.0. The van der Waals surface area contributed by atoms with Crippen LogP contribution in [0.4, 0.5) is 0 Å². The number of amides is 1. The van der Waals surface area contributed by atoms with Gasteiger partial charge in [-0.05, 0) is 70.6 Å². The Morgan fingerprint density at radius 3 is 0.952 bits per heavy atom. The van der Waals surface area contributed by atoms with Crippen LogP contribution in [-0.2, 0) is 14.3 Å². The first-order chi connectivity index (χ1) is 30.6. The van der Waals surface area contributed by atoms with Crippen LogP contribution in [0.5, 0.6) is 0 Å².